The van der Waals surface area contributed by atoms with Gasteiger partial charge in [0, 0.05) is 47.4 Å². The van der Waals surface area contributed by atoms with Crippen molar-refractivity contribution in [1.29, 1.82) is 0 Å². The summed E-state index contributed by atoms with van der Waals surface area (Å²) in [7, 11) is 1.70. The zero-order valence-corrected chi connectivity index (χ0v) is 18.0. The molecule has 0 aliphatic heterocycles. The van der Waals surface area contributed by atoms with Crippen molar-refractivity contribution in [2.24, 2.45) is 5.41 Å². The maximum absolute atomic E-state index is 9.90. The molecular weight excluding hydrogens is 404 g/mol. The van der Waals surface area contributed by atoms with Crippen LogP contribution in [-0.2, 0) is 24.3 Å². The monoisotopic (exact) mass is 430 g/mol. The maximum Gasteiger partial charge on any atom is 0.0890 e. The fourth-order valence-electron chi connectivity index (χ4n) is 3.65. The van der Waals surface area contributed by atoms with E-state index in [-0.39, 0.29) is 12.0 Å². The second-order valence-corrected chi connectivity index (χ2v) is 8.58. The predicted octanol–water partition coefficient (Wildman–Crippen LogP) is 5.19. The van der Waals surface area contributed by atoms with Gasteiger partial charge in [-0.05, 0) is 54.7 Å². The summed E-state index contributed by atoms with van der Waals surface area (Å²) in [5.41, 5.74) is 5.43. The molecule has 27 heavy (non-hydrogen) atoms. The summed E-state index contributed by atoms with van der Waals surface area (Å²) < 4.78 is 8.80. The van der Waals surface area contributed by atoms with Gasteiger partial charge in [0.25, 0.3) is 0 Å². The molecule has 0 bridgehead atoms. The molecule has 0 fully saturated rings. The topological polar surface area (TPSA) is 47.3 Å². The molecule has 0 unspecified atom stereocenters. The van der Waals surface area contributed by atoms with E-state index >= 15 is 0 Å². The summed E-state index contributed by atoms with van der Waals surface area (Å²) in [5, 5.41) is 11.1. The third-order valence-corrected chi connectivity index (χ3v) is 5.45. The molecule has 3 rings (SSSR count). The lowest BCUT2D eigenvalue weighted by atomic mass is 9.84. The van der Waals surface area contributed by atoms with Crippen LogP contribution >= 0.6 is 15.9 Å². The minimum Gasteiger partial charge on any atom is -0.396 e. The Morgan fingerprint density at radius 3 is 2.70 bits per heavy atom. The molecule has 0 aliphatic carbocycles. The first-order chi connectivity index (χ1) is 12.9. The molecule has 0 amide bonds. The van der Waals surface area contributed by atoms with Crippen molar-refractivity contribution in [3.8, 4) is 11.3 Å². The van der Waals surface area contributed by atoms with Gasteiger partial charge in [0.15, 0.2) is 0 Å². The Morgan fingerprint density at radius 1 is 1.26 bits per heavy atom. The highest BCUT2D eigenvalue weighted by atomic mass is 79.9. The molecule has 0 radical (unpaired) electrons. The average Bonchev–Trinajstić information content (AvgIpc) is 2.94. The predicted molar refractivity (Wildman–Crippen MR) is 114 cm³/mol. The Morgan fingerprint density at radius 2 is 2.04 bits per heavy atom. The number of ether oxygens (including phenoxy) is 1. The SMILES string of the molecule is CCn1c(-c2cccnc2COC)c(CC(C)(C)CO)c2cc(Br)ccc21. The van der Waals surface area contributed by atoms with E-state index in [2.05, 4.69) is 70.5 Å². The lowest BCUT2D eigenvalue weighted by molar-refractivity contribution is 0.160. The van der Waals surface area contributed by atoms with Crippen molar-refractivity contribution in [3.05, 3.63) is 52.3 Å². The standard InChI is InChI=1S/C22H27BrN2O2/c1-5-25-20-9-8-15(23)11-17(20)18(12-22(2,3)14-26)21(25)16-7-6-10-24-19(16)13-27-4/h6-11,26H,5,12-14H2,1-4H3. The fraction of sp³-hybridized carbons (Fsp3) is 0.409. The lowest BCUT2D eigenvalue weighted by Crippen LogP contribution is -2.20. The molecule has 0 atom stereocenters. The summed E-state index contributed by atoms with van der Waals surface area (Å²) in [6.45, 7) is 7.82. The van der Waals surface area contributed by atoms with Crippen LogP contribution in [0.5, 0.6) is 0 Å². The normalized spacial score (nSPS) is 12.1. The molecule has 5 heteroatoms. The van der Waals surface area contributed by atoms with E-state index in [9.17, 15) is 5.11 Å². The van der Waals surface area contributed by atoms with Crippen LogP contribution in [0.2, 0.25) is 0 Å². The minimum atomic E-state index is -0.215. The van der Waals surface area contributed by atoms with Crippen LogP contribution in [0.1, 0.15) is 32.0 Å². The van der Waals surface area contributed by atoms with Crippen LogP contribution in [0.25, 0.3) is 22.2 Å². The largest absolute Gasteiger partial charge is 0.396 e. The smallest absolute Gasteiger partial charge is 0.0890 e. The van der Waals surface area contributed by atoms with Gasteiger partial charge in [-0.1, -0.05) is 29.8 Å². The molecule has 0 spiro atoms. The highest BCUT2D eigenvalue weighted by molar-refractivity contribution is 9.10. The van der Waals surface area contributed by atoms with Gasteiger partial charge in [0.1, 0.15) is 0 Å². The summed E-state index contributed by atoms with van der Waals surface area (Å²) in [5.74, 6) is 0. The van der Waals surface area contributed by atoms with E-state index in [1.165, 1.54) is 22.2 Å². The molecule has 144 valence electrons. The third-order valence-electron chi connectivity index (χ3n) is 4.96. The highest BCUT2D eigenvalue weighted by Gasteiger charge is 2.26. The van der Waals surface area contributed by atoms with E-state index in [0.29, 0.717) is 6.61 Å². The van der Waals surface area contributed by atoms with Crippen molar-refractivity contribution in [2.75, 3.05) is 13.7 Å². The maximum atomic E-state index is 9.90. The van der Waals surface area contributed by atoms with Gasteiger partial charge in [0.05, 0.1) is 18.0 Å². The number of aromatic nitrogens is 2. The number of hydrogen-bond donors (Lipinski definition) is 1. The second-order valence-electron chi connectivity index (χ2n) is 7.66. The minimum absolute atomic E-state index is 0.136. The Balaban J connectivity index is 2.37. The van der Waals surface area contributed by atoms with Gasteiger partial charge < -0.3 is 14.4 Å². The fourth-order valence-corrected chi connectivity index (χ4v) is 4.01. The molecule has 2 heterocycles. The Labute approximate surface area is 169 Å². The zero-order chi connectivity index (χ0) is 19.6. The number of pyridine rings is 1. The number of nitrogens with zero attached hydrogens (tertiary/aromatic N) is 2. The first kappa shape index (κ1) is 20.1. The van der Waals surface area contributed by atoms with Crippen LogP contribution < -0.4 is 0 Å². The Hall–Kier alpha value is -1.69. The molecule has 4 nitrogen and oxygen atoms in total. The van der Waals surface area contributed by atoms with Gasteiger partial charge in [0.2, 0.25) is 0 Å². The van der Waals surface area contributed by atoms with Gasteiger partial charge in [-0.2, -0.15) is 0 Å². The van der Waals surface area contributed by atoms with Crippen molar-refractivity contribution in [3.63, 3.8) is 0 Å². The van der Waals surface area contributed by atoms with E-state index in [0.717, 1.165) is 28.7 Å². The first-order valence-corrected chi connectivity index (χ1v) is 10.1. The van der Waals surface area contributed by atoms with Gasteiger partial charge in [-0.3, -0.25) is 4.98 Å². The van der Waals surface area contributed by atoms with Crippen LogP contribution in [0.15, 0.2) is 41.0 Å². The van der Waals surface area contributed by atoms with Crippen molar-refractivity contribution < 1.29 is 9.84 Å². The molecule has 2 aromatic heterocycles. The van der Waals surface area contributed by atoms with Crippen LogP contribution in [0.3, 0.4) is 0 Å². The summed E-state index contributed by atoms with van der Waals surface area (Å²) in [4.78, 5) is 4.57. The van der Waals surface area contributed by atoms with Crippen molar-refractivity contribution in [1.82, 2.24) is 9.55 Å². The number of benzene rings is 1. The molecule has 1 aromatic carbocycles. The number of aryl methyl sites for hydroxylation is 1. The molecule has 3 aromatic rings. The van der Waals surface area contributed by atoms with E-state index in [4.69, 9.17) is 4.74 Å². The summed E-state index contributed by atoms with van der Waals surface area (Å²) >= 11 is 3.62. The van der Waals surface area contributed by atoms with E-state index in [1.807, 2.05) is 12.3 Å². The van der Waals surface area contributed by atoms with Gasteiger partial charge >= 0.3 is 0 Å². The van der Waals surface area contributed by atoms with Gasteiger partial charge in [-0.15, -0.1) is 0 Å². The number of methoxy groups -OCH3 is 1. The molecular formula is C22H27BrN2O2. The third kappa shape index (κ3) is 3.96. The van der Waals surface area contributed by atoms with Gasteiger partial charge in [-0.25, -0.2) is 0 Å². The van der Waals surface area contributed by atoms with Crippen LogP contribution in [0, 0.1) is 5.41 Å². The van der Waals surface area contributed by atoms with E-state index < -0.39 is 0 Å². The average molecular weight is 431 g/mol. The molecule has 0 saturated heterocycles. The Bertz CT molecular complexity index is 947. The number of aliphatic hydroxyl groups excluding tert-OH is 1. The first-order valence-electron chi connectivity index (χ1n) is 9.26. The van der Waals surface area contributed by atoms with Crippen LogP contribution in [-0.4, -0.2) is 28.4 Å². The van der Waals surface area contributed by atoms with E-state index in [1.54, 1.807) is 7.11 Å². The quantitative estimate of drug-likeness (QED) is 0.560. The second kappa shape index (κ2) is 8.13. The van der Waals surface area contributed by atoms with Crippen molar-refractivity contribution >= 4 is 26.8 Å². The molecule has 0 saturated carbocycles. The highest BCUT2D eigenvalue weighted by Crippen LogP contribution is 2.39. The Kier molecular flexibility index (Phi) is 6.04. The number of halogens is 1. The number of aliphatic hydroxyl groups is 1. The summed E-state index contributed by atoms with van der Waals surface area (Å²) in [6.07, 6.45) is 2.59. The number of fused-ring (bicyclic) bond motifs is 1. The number of hydrogen-bond acceptors (Lipinski definition) is 3. The number of rotatable bonds is 7. The molecule has 1 N–H and O–H groups in total. The van der Waals surface area contributed by atoms with Crippen LogP contribution in [0.4, 0.5) is 0 Å². The summed E-state index contributed by atoms with van der Waals surface area (Å²) in [6, 6.07) is 10.5. The molecule has 0 aliphatic rings. The van der Waals surface area contributed by atoms with Crippen molar-refractivity contribution in [2.45, 2.75) is 40.3 Å². The lowest BCUT2D eigenvalue weighted by Gasteiger charge is -2.23. The zero-order valence-electron chi connectivity index (χ0n) is 16.4.